The lowest BCUT2D eigenvalue weighted by molar-refractivity contribution is -0.165. The Bertz CT molecular complexity index is 587. The number of carboxylic acid groups (broad SMARTS) is 1. The number of rotatable bonds is 19. The molecule has 33 heavy (non-hydrogen) atoms. The number of ketones is 1. The summed E-state index contributed by atoms with van der Waals surface area (Å²) in [6.07, 6.45) is 3.76. The predicted octanol–water partition coefficient (Wildman–Crippen LogP) is 3.86. The van der Waals surface area contributed by atoms with Gasteiger partial charge in [0.15, 0.2) is 11.9 Å². The van der Waals surface area contributed by atoms with Crippen LogP contribution in [0.2, 0.25) is 0 Å². The van der Waals surface area contributed by atoms with E-state index in [2.05, 4.69) is 27.7 Å². The van der Waals surface area contributed by atoms with E-state index in [0.29, 0.717) is 5.92 Å². The molecule has 0 radical (unpaired) electrons. The number of Topliss-reactive ketones (excluding diaryl/α,β-unsaturated/α-hetero) is 1. The van der Waals surface area contributed by atoms with Gasteiger partial charge in [-0.25, -0.2) is 4.79 Å². The first-order chi connectivity index (χ1) is 15.4. The lowest BCUT2D eigenvalue weighted by Gasteiger charge is -2.23. The molecule has 0 aliphatic rings. The third-order valence-corrected chi connectivity index (χ3v) is 6.37. The molecule has 0 spiro atoms. The molecule has 0 bridgehead atoms. The van der Waals surface area contributed by atoms with Crippen molar-refractivity contribution >= 4 is 11.8 Å². The molecular weight excluding hydrogens is 424 g/mol. The van der Waals surface area contributed by atoms with Gasteiger partial charge in [-0.3, -0.25) is 4.79 Å². The van der Waals surface area contributed by atoms with Crippen LogP contribution < -0.4 is 0 Å². The second-order valence-corrected chi connectivity index (χ2v) is 10.3. The van der Waals surface area contributed by atoms with E-state index >= 15 is 0 Å². The predicted molar refractivity (Wildman–Crippen MR) is 130 cm³/mol. The molecule has 0 aliphatic heterocycles. The number of allylic oxidation sites excluding steroid dienone is 2. The zero-order valence-corrected chi connectivity index (χ0v) is 21.2. The van der Waals surface area contributed by atoms with Crippen LogP contribution in [0, 0.1) is 17.8 Å². The van der Waals surface area contributed by atoms with Gasteiger partial charge >= 0.3 is 5.97 Å². The van der Waals surface area contributed by atoms with Crippen LogP contribution in [0.1, 0.15) is 98.8 Å². The number of carbonyl (C=O) groups excluding carboxylic acids is 1. The Morgan fingerprint density at radius 3 is 1.67 bits per heavy atom. The zero-order valence-electron chi connectivity index (χ0n) is 21.2. The standard InChI is InChI=1S/C26H48O7/c1-17(2)9-6-10-18(3)11-7-12-19(4)13-8-14-20(5)15-16-21(27)22(28)23(29)24(30)25(31)26(32)33/h15,17-19,22-25,28-31H,6-14,16H2,1-5H3,(H,32,33)/t18?,19?,22?,23-,24+,25-/m0/s1. The smallest absolute Gasteiger partial charge is 0.335 e. The third kappa shape index (κ3) is 14.6. The minimum Gasteiger partial charge on any atom is -0.479 e. The Morgan fingerprint density at radius 2 is 1.18 bits per heavy atom. The number of carbonyl (C=O) groups is 2. The van der Waals surface area contributed by atoms with E-state index in [9.17, 15) is 30.0 Å². The number of hydrogen-bond donors (Lipinski definition) is 5. The number of aliphatic carboxylic acids is 1. The minimum absolute atomic E-state index is 0.135. The van der Waals surface area contributed by atoms with Crippen LogP contribution in [-0.4, -0.2) is 61.7 Å². The second-order valence-electron chi connectivity index (χ2n) is 10.3. The molecule has 0 aromatic rings. The van der Waals surface area contributed by atoms with E-state index in [1.807, 2.05) is 6.92 Å². The van der Waals surface area contributed by atoms with Crippen LogP contribution in [0.5, 0.6) is 0 Å². The van der Waals surface area contributed by atoms with Crippen LogP contribution in [0.15, 0.2) is 11.6 Å². The van der Waals surface area contributed by atoms with E-state index in [1.54, 1.807) is 6.08 Å². The number of hydrogen-bond acceptors (Lipinski definition) is 6. The van der Waals surface area contributed by atoms with Crippen molar-refractivity contribution in [2.75, 3.05) is 0 Å². The molecule has 7 nitrogen and oxygen atoms in total. The maximum Gasteiger partial charge on any atom is 0.335 e. The van der Waals surface area contributed by atoms with Crippen LogP contribution in [0.25, 0.3) is 0 Å². The molecule has 0 rings (SSSR count). The maximum absolute atomic E-state index is 12.0. The average Bonchev–Trinajstić information content (AvgIpc) is 2.74. The first kappa shape index (κ1) is 31.7. The second kappa shape index (κ2) is 17.2. The Hall–Kier alpha value is -1.28. The number of aliphatic hydroxyl groups excluding tert-OH is 4. The monoisotopic (exact) mass is 472 g/mol. The summed E-state index contributed by atoms with van der Waals surface area (Å²) in [5, 5.41) is 47.0. The molecular formula is C26H48O7. The highest BCUT2D eigenvalue weighted by Gasteiger charge is 2.36. The van der Waals surface area contributed by atoms with E-state index in [0.717, 1.165) is 36.7 Å². The van der Waals surface area contributed by atoms with E-state index < -0.39 is 36.2 Å². The van der Waals surface area contributed by atoms with Gasteiger partial charge in [-0.1, -0.05) is 84.3 Å². The summed E-state index contributed by atoms with van der Waals surface area (Å²) in [5.74, 6) is -0.255. The molecule has 0 saturated carbocycles. The topological polar surface area (TPSA) is 135 Å². The van der Waals surface area contributed by atoms with Gasteiger partial charge < -0.3 is 25.5 Å². The molecule has 194 valence electrons. The largest absolute Gasteiger partial charge is 0.479 e. The normalized spacial score (nSPS) is 17.9. The molecule has 0 saturated heterocycles. The van der Waals surface area contributed by atoms with Crippen LogP contribution in [0.3, 0.4) is 0 Å². The molecule has 0 aliphatic carbocycles. The van der Waals surface area contributed by atoms with Crippen molar-refractivity contribution in [1.29, 1.82) is 0 Å². The molecule has 0 amide bonds. The lowest BCUT2D eigenvalue weighted by Crippen LogP contribution is -2.49. The molecule has 0 heterocycles. The first-order valence-corrected chi connectivity index (χ1v) is 12.5. The van der Waals surface area contributed by atoms with Gasteiger partial charge in [-0.2, -0.15) is 0 Å². The SMILES string of the molecule is CC(=CCC(=O)C(O)[C@H](O)[C@@H](O)[C@H](O)C(=O)O)CCCC(C)CCCC(C)CCCC(C)C. The van der Waals surface area contributed by atoms with Gasteiger partial charge in [0.1, 0.15) is 18.3 Å². The van der Waals surface area contributed by atoms with Crippen molar-refractivity contribution in [1.82, 2.24) is 0 Å². The molecule has 6 atom stereocenters. The highest BCUT2D eigenvalue weighted by molar-refractivity contribution is 5.85. The fourth-order valence-electron chi connectivity index (χ4n) is 3.92. The summed E-state index contributed by atoms with van der Waals surface area (Å²) in [4.78, 5) is 22.7. The summed E-state index contributed by atoms with van der Waals surface area (Å²) >= 11 is 0. The Balaban J connectivity index is 4.16. The Kier molecular flexibility index (Phi) is 16.5. The molecule has 0 aromatic carbocycles. The highest BCUT2D eigenvalue weighted by Crippen LogP contribution is 2.22. The van der Waals surface area contributed by atoms with Crippen LogP contribution >= 0.6 is 0 Å². The molecule has 0 fully saturated rings. The third-order valence-electron chi connectivity index (χ3n) is 6.37. The fourth-order valence-corrected chi connectivity index (χ4v) is 3.92. The zero-order chi connectivity index (χ0) is 25.6. The summed E-state index contributed by atoms with van der Waals surface area (Å²) < 4.78 is 0. The van der Waals surface area contributed by atoms with Crippen LogP contribution in [-0.2, 0) is 9.59 Å². The summed E-state index contributed by atoms with van der Waals surface area (Å²) in [7, 11) is 0. The maximum atomic E-state index is 12.0. The van der Waals surface area contributed by atoms with Crippen molar-refractivity contribution in [2.45, 2.75) is 123 Å². The molecule has 5 N–H and O–H groups in total. The highest BCUT2D eigenvalue weighted by atomic mass is 16.4. The van der Waals surface area contributed by atoms with Crippen molar-refractivity contribution in [3.8, 4) is 0 Å². The van der Waals surface area contributed by atoms with E-state index in [1.165, 1.54) is 38.5 Å². The van der Waals surface area contributed by atoms with Crippen molar-refractivity contribution in [3.63, 3.8) is 0 Å². The van der Waals surface area contributed by atoms with Gasteiger partial charge in [-0.15, -0.1) is 0 Å². The van der Waals surface area contributed by atoms with Crippen molar-refractivity contribution in [2.24, 2.45) is 17.8 Å². The molecule has 0 aromatic heterocycles. The van der Waals surface area contributed by atoms with Gasteiger partial charge in [0.05, 0.1) is 0 Å². The Morgan fingerprint density at radius 1 is 0.727 bits per heavy atom. The van der Waals surface area contributed by atoms with Crippen molar-refractivity contribution in [3.05, 3.63) is 11.6 Å². The minimum atomic E-state index is -2.28. The van der Waals surface area contributed by atoms with Gasteiger partial charge in [0, 0.05) is 6.42 Å². The number of aliphatic hydroxyl groups is 4. The number of carboxylic acids is 1. The fraction of sp³-hybridized carbons (Fsp3) is 0.846. The van der Waals surface area contributed by atoms with Gasteiger partial charge in [0.2, 0.25) is 0 Å². The quantitative estimate of drug-likeness (QED) is 0.180. The Labute approximate surface area is 199 Å². The molecule has 7 heteroatoms. The summed E-state index contributed by atoms with van der Waals surface area (Å²) in [6, 6.07) is 0. The summed E-state index contributed by atoms with van der Waals surface area (Å²) in [6.45, 7) is 11.1. The van der Waals surface area contributed by atoms with Crippen molar-refractivity contribution < 1.29 is 35.1 Å². The summed E-state index contributed by atoms with van der Waals surface area (Å²) in [5.41, 5.74) is 1.00. The van der Waals surface area contributed by atoms with Gasteiger partial charge in [-0.05, 0) is 37.5 Å². The van der Waals surface area contributed by atoms with Gasteiger partial charge in [0.25, 0.3) is 0 Å². The molecule has 3 unspecified atom stereocenters. The lowest BCUT2D eigenvalue weighted by atomic mass is 9.91. The van der Waals surface area contributed by atoms with Crippen LogP contribution in [0.4, 0.5) is 0 Å². The van der Waals surface area contributed by atoms with E-state index in [4.69, 9.17) is 5.11 Å². The first-order valence-electron chi connectivity index (χ1n) is 12.5. The average molecular weight is 473 g/mol. The van der Waals surface area contributed by atoms with E-state index in [-0.39, 0.29) is 6.42 Å².